The van der Waals surface area contributed by atoms with Gasteiger partial charge in [-0.3, -0.25) is 9.89 Å². The lowest BCUT2D eigenvalue weighted by Gasteiger charge is -2.36. The lowest BCUT2D eigenvalue weighted by atomic mass is 10.2. The van der Waals surface area contributed by atoms with Gasteiger partial charge in [-0.1, -0.05) is 61.5 Å². The number of aromatic nitrogens is 2. The minimum atomic E-state index is 0.298. The topological polar surface area (TPSA) is 69.8 Å². The molecule has 1 aliphatic rings. The van der Waals surface area contributed by atoms with Crippen molar-refractivity contribution >= 4 is 12.0 Å². The van der Waals surface area contributed by atoms with Gasteiger partial charge in [0.05, 0.1) is 0 Å². The summed E-state index contributed by atoms with van der Waals surface area (Å²) < 4.78 is 5.31. The van der Waals surface area contributed by atoms with Crippen LogP contribution in [0.15, 0.2) is 45.9 Å². The smallest absolute Gasteiger partial charge is 0.226 e. The highest BCUT2D eigenvalue weighted by Crippen LogP contribution is 2.10. The second kappa shape index (κ2) is 11.5. The third-order valence-corrected chi connectivity index (χ3v) is 5.21. The number of guanidine groups is 1. The van der Waals surface area contributed by atoms with Crippen LogP contribution >= 0.6 is 0 Å². The maximum Gasteiger partial charge on any atom is 0.226 e. The van der Waals surface area contributed by atoms with E-state index in [-0.39, 0.29) is 0 Å². The number of piperazine rings is 1. The Morgan fingerprint density at radius 2 is 1.97 bits per heavy atom. The van der Waals surface area contributed by atoms with E-state index in [1.54, 1.807) is 0 Å². The van der Waals surface area contributed by atoms with E-state index < -0.39 is 0 Å². The van der Waals surface area contributed by atoms with Crippen molar-refractivity contribution in [3.63, 3.8) is 0 Å². The van der Waals surface area contributed by atoms with Crippen molar-refractivity contribution in [2.75, 3.05) is 46.3 Å². The van der Waals surface area contributed by atoms with E-state index in [1.165, 1.54) is 5.56 Å². The number of nitrogens with one attached hydrogen (secondary N) is 1. The van der Waals surface area contributed by atoms with Gasteiger partial charge in [0.2, 0.25) is 5.89 Å². The van der Waals surface area contributed by atoms with Gasteiger partial charge in [-0.2, -0.15) is 4.98 Å². The molecule has 1 saturated heterocycles. The highest BCUT2D eigenvalue weighted by Gasteiger charge is 2.18. The van der Waals surface area contributed by atoms with Gasteiger partial charge < -0.3 is 14.7 Å². The van der Waals surface area contributed by atoms with Crippen LogP contribution in [0.4, 0.5) is 0 Å². The van der Waals surface area contributed by atoms with Crippen LogP contribution in [-0.4, -0.2) is 72.2 Å². The van der Waals surface area contributed by atoms with Crippen molar-refractivity contribution in [1.82, 2.24) is 25.3 Å². The fraction of sp³-hybridized carbons (Fsp3) is 0.522. The Kier molecular flexibility index (Phi) is 8.44. The van der Waals surface area contributed by atoms with E-state index in [2.05, 4.69) is 80.5 Å². The number of rotatable bonds is 8. The highest BCUT2D eigenvalue weighted by molar-refractivity contribution is 5.79. The van der Waals surface area contributed by atoms with Crippen molar-refractivity contribution in [2.45, 2.75) is 32.6 Å². The van der Waals surface area contributed by atoms with E-state index in [0.29, 0.717) is 11.8 Å². The number of aliphatic imine (C=N–C) groups is 1. The minimum absolute atomic E-state index is 0.298. The standard InChI is InChI=1S/C23H34N6O/c1-19(2)22-26-21(30-27-22)12-7-13-25-23(24-3)29-17-15-28(16-18-29)14-8-11-20-9-5-4-6-10-20/h4-6,8-11,19H,7,12-18H2,1-3H3,(H,24,25)/b11-8+. The van der Waals surface area contributed by atoms with Crippen molar-refractivity contribution in [3.05, 3.63) is 53.7 Å². The summed E-state index contributed by atoms with van der Waals surface area (Å²) in [6.07, 6.45) is 6.16. The number of nitrogens with zero attached hydrogens (tertiary/aromatic N) is 5. The fourth-order valence-electron chi connectivity index (χ4n) is 3.42. The van der Waals surface area contributed by atoms with E-state index in [4.69, 9.17) is 4.52 Å². The van der Waals surface area contributed by atoms with Crippen molar-refractivity contribution < 1.29 is 4.52 Å². The summed E-state index contributed by atoms with van der Waals surface area (Å²) >= 11 is 0. The van der Waals surface area contributed by atoms with Gasteiger partial charge in [-0.05, 0) is 12.0 Å². The van der Waals surface area contributed by atoms with Gasteiger partial charge in [-0.25, -0.2) is 0 Å². The molecule has 0 amide bonds. The molecule has 2 heterocycles. The normalized spacial score (nSPS) is 16.0. The first-order valence-electron chi connectivity index (χ1n) is 10.9. The molecule has 0 bridgehead atoms. The first-order chi connectivity index (χ1) is 14.7. The first-order valence-corrected chi connectivity index (χ1v) is 10.9. The maximum absolute atomic E-state index is 5.31. The minimum Gasteiger partial charge on any atom is -0.356 e. The molecule has 0 saturated carbocycles. The van der Waals surface area contributed by atoms with Crippen LogP contribution in [0.5, 0.6) is 0 Å². The Bertz CT molecular complexity index is 806. The molecule has 162 valence electrons. The molecule has 30 heavy (non-hydrogen) atoms. The second-order valence-corrected chi connectivity index (χ2v) is 7.88. The largest absolute Gasteiger partial charge is 0.356 e. The summed E-state index contributed by atoms with van der Waals surface area (Å²) in [6.45, 7) is 10.0. The number of hydrogen-bond donors (Lipinski definition) is 1. The summed E-state index contributed by atoms with van der Waals surface area (Å²) in [5.74, 6) is 2.77. The molecule has 3 rings (SSSR count). The first kappa shape index (κ1) is 22.0. The zero-order chi connectivity index (χ0) is 21.2. The Balaban J connectivity index is 1.34. The van der Waals surface area contributed by atoms with E-state index in [0.717, 1.165) is 63.9 Å². The molecule has 1 fully saturated rings. The zero-order valence-corrected chi connectivity index (χ0v) is 18.4. The Labute approximate surface area is 179 Å². The molecule has 1 aliphatic heterocycles. The van der Waals surface area contributed by atoms with Gasteiger partial charge in [-0.15, -0.1) is 0 Å². The van der Waals surface area contributed by atoms with Crippen LogP contribution < -0.4 is 5.32 Å². The molecule has 2 aromatic rings. The monoisotopic (exact) mass is 410 g/mol. The van der Waals surface area contributed by atoms with Gasteiger partial charge in [0.25, 0.3) is 0 Å². The second-order valence-electron chi connectivity index (χ2n) is 7.88. The van der Waals surface area contributed by atoms with Crippen LogP contribution in [0.1, 0.15) is 43.5 Å². The van der Waals surface area contributed by atoms with Crippen LogP contribution in [-0.2, 0) is 6.42 Å². The third-order valence-electron chi connectivity index (χ3n) is 5.21. The van der Waals surface area contributed by atoms with Gasteiger partial charge in [0.1, 0.15) is 0 Å². The molecule has 1 aromatic heterocycles. The third kappa shape index (κ3) is 6.69. The highest BCUT2D eigenvalue weighted by atomic mass is 16.5. The van der Waals surface area contributed by atoms with Gasteiger partial charge >= 0.3 is 0 Å². The molecule has 0 spiro atoms. The van der Waals surface area contributed by atoms with Gasteiger partial charge in [0.15, 0.2) is 11.8 Å². The predicted octanol–water partition coefficient (Wildman–Crippen LogP) is 3.03. The zero-order valence-electron chi connectivity index (χ0n) is 18.4. The molecule has 0 atom stereocenters. The molecule has 0 aliphatic carbocycles. The molecule has 7 nitrogen and oxygen atoms in total. The molecule has 1 aromatic carbocycles. The summed E-state index contributed by atoms with van der Waals surface area (Å²) in [5, 5.41) is 7.49. The summed E-state index contributed by atoms with van der Waals surface area (Å²) in [7, 11) is 1.85. The SMILES string of the molecule is CN=C(NCCCc1nc(C(C)C)no1)N1CCN(C/C=C/c2ccccc2)CC1. The predicted molar refractivity (Wildman–Crippen MR) is 122 cm³/mol. The lowest BCUT2D eigenvalue weighted by Crippen LogP contribution is -2.52. The van der Waals surface area contributed by atoms with Crippen LogP contribution in [0.25, 0.3) is 6.08 Å². The van der Waals surface area contributed by atoms with Crippen LogP contribution in [0, 0.1) is 0 Å². The summed E-state index contributed by atoms with van der Waals surface area (Å²) in [4.78, 5) is 13.7. The molecule has 0 unspecified atom stereocenters. The molecule has 0 radical (unpaired) electrons. The Hall–Kier alpha value is -2.67. The molecule has 7 heteroatoms. The van der Waals surface area contributed by atoms with E-state index in [1.807, 2.05) is 13.1 Å². The Morgan fingerprint density at radius 3 is 2.63 bits per heavy atom. The average molecular weight is 411 g/mol. The van der Waals surface area contributed by atoms with Crippen LogP contribution in [0.3, 0.4) is 0 Å². The van der Waals surface area contributed by atoms with Crippen LogP contribution in [0.2, 0.25) is 0 Å². The number of benzene rings is 1. The summed E-state index contributed by atoms with van der Waals surface area (Å²) in [5.41, 5.74) is 1.25. The van der Waals surface area contributed by atoms with E-state index >= 15 is 0 Å². The quantitative estimate of drug-likeness (QED) is 0.410. The van der Waals surface area contributed by atoms with Crippen molar-refractivity contribution in [3.8, 4) is 0 Å². The summed E-state index contributed by atoms with van der Waals surface area (Å²) in [6, 6.07) is 10.5. The number of aryl methyl sites for hydroxylation is 1. The fourth-order valence-corrected chi connectivity index (χ4v) is 3.42. The molecular formula is C23H34N6O. The molecular weight excluding hydrogens is 376 g/mol. The molecule has 1 N–H and O–H groups in total. The lowest BCUT2D eigenvalue weighted by molar-refractivity contribution is 0.194. The van der Waals surface area contributed by atoms with Crippen molar-refractivity contribution in [2.24, 2.45) is 4.99 Å². The maximum atomic E-state index is 5.31. The Morgan fingerprint density at radius 1 is 1.20 bits per heavy atom. The van der Waals surface area contributed by atoms with Crippen molar-refractivity contribution in [1.29, 1.82) is 0 Å². The average Bonchev–Trinajstić information content (AvgIpc) is 3.25. The number of hydrogen-bond acceptors (Lipinski definition) is 5. The van der Waals surface area contributed by atoms with Gasteiger partial charge in [0, 0.05) is 58.7 Å². The van der Waals surface area contributed by atoms with E-state index in [9.17, 15) is 0 Å².